The molecule has 3 nitrogen and oxygen atoms in total. The van der Waals surface area contributed by atoms with E-state index in [-0.39, 0.29) is 5.82 Å². The van der Waals surface area contributed by atoms with Gasteiger partial charge in [0, 0.05) is 24.7 Å². The molecule has 0 aliphatic carbocycles. The van der Waals surface area contributed by atoms with Crippen molar-refractivity contribution >= 4 is 15.9 Å². The third kappa shape index (κ3) is 4.19. The van der Waals surface area contributed by atoms with Crippen molar-refractivity contribution in [2.24, 2.45) is 0 Å². The van der Waals surface area contributed by atoms with Crippen molar-refractivity contribution in [2.45, 2.75) is 13.1 Å². The molecule has 0 amide bonds. The molecule has 0 saturated heterocycles. The van der Waals surface area contributed by atoms with Crippen LogP contribution in [0.4, 0.5) is 4.39 Å². The van der Waals surface area contributed by atoms with E-state index in [2.05, 4.69) is 21.2 Å². The predicted octanol–water partition coefficient (Wildman–Crippen LogP) is 3.90. The number of nitrogens with one attached hydrogen (secondary N) is 1. The molecule has 1 N–H and O–H groups in total. The number of benzene rings is 2. The smallest absolute Gasteiger partial charge is 0.137 e. The van der Waals surface area contributed by atoms with Crippen LogP contribution < -0.4 is 14.8 Å². The average molecular weight is 354 g/mol. The fourth-order valence-corrected chi connectivity index (χ4v) is 2.42. The Labute approximate surface area is 132 Å². The lowest BCUT2D eigenvalue weighted by atomic mass is 10.1. The Bertz CT molecular complexity index is 619. The van der Waals surface area contributed by atoms with Crippen LogP contribution in [0.2, 0.25) is 0 Å². The van der Waals surface area contributed by atoms with Crippen molar-refractivity contribution in [3.8, 4) is 11.5 Å². The lowest BCUT2D eigenvalue weighted by molar-refractivity contribution is 0.390. The summed E-state index contributed by atoms with van der Waals surface area (Å²) in [5.41, 5.74) is 2.05. The van der Waals surface area contributed by atoms with Gasteiger partial charge < -0.3 is 14.8 Å². The van der Waals surface area contributed by atoms with Gasteiger partial charge in [-0.2, -0.15) is 0 Å². The van der Waals surface area contributed by atoms with Crippen LogP contribution in [0.3, 0.4) is 0 Å². The molecule has 0 saturated carbocycles. The van der Waals surface area contributed by atoms with E-state index >= 15 is 0 Å². The van der Waals surface area contributed by atoms with E-state index in [0.29, 0.717) is 17.6 Å². The summed E-state index contributed by atoms with van der Waals surface area (Å²) in [4.78, 5) is 0. The summed E-state index contributed by atoms with van der Waals surface area (Å²) in [6, 6.07) is 10.7. The first kappa shape index (κ1) is 15.8. The fourth-order valence-electron chi connectivity index (χ4n) is 1.99. The van der Waals surface area contributed by atoms with Gasteiger partial charge in [-0.25, -0.2) is 4.39 Å². The van der Waals surface area contributed by atoms with E-state index < -0.39 is 0 Å². The summed E-state index contributed by atoms with van der Waals surface area (Å²) < 4.78 is 24.2. The van der Waals surface area contributed by atoms with Gasteiger partial charge in [0.15, 0.2) is 0 Å². The molecule has 5 heteroatoms. The topological polar surface area (TPSA) is 30.5 Å². The minimum Gasteiger partial charge on any atom is -0.497 e. The Morgan fingerprint density at radius 3 is 2.52 bits per heavy atom. The molecule has 21 heavy (non-hydrogen) atoms. The molecule has 112 valence electrons. The molecule has 2 aromatic rings. The van der Waals surface area contributed by atoms with E-state index in [0.717, 1.165) is 22.6 Å². The highest BCUT2D eigenvalue weighted by Gasteiger charge is 2.05. The Morgan fingerprint density at radius 1 is 1.05 bits per heavy atom. The van der Waals surface area contributed by atoms with E-state index in [4.69, 9.17) is 9.47 Å². The van der Waals surface area contributed by atoms with Crippen molar-refractivity contribution in [1.29, 1.82) is 0 Å². The summed E-state index contributed by atoms with van der Waals surface area (Å²) in [5, 5.41) is 3.31. The number of ether oxygens (including phenoxy) is 2. The van der Waals surface area contributed by atoms with E-state index in [1.807, 2.05) is 18.2 Å². The summed E-state index contributed by atoms with van der Waals surface area (Å²) in [7, 11) is 3.26. The minimum absolute atomic E-state index is 0.254. The number of methoxy groups -OCH3 is 2. The van der Waals surface area contributed by atoms with E-state index in [1.54, 1.807) is 26.4 Å². The summed E-state index contributed by atoms with van der Waals surface area (Å²) >= 11 is 3.18. The maximum atomic E-state index is 13.2. The van der Waals surface area contributed by atoms with Gasteiger partial charge in [-0.3, -0.25) is 0 Å². The van der Waals surface area contributed by atoms with E-state index in [9.17, 15) is 4.39 Å². The monoisotopic (exact) mass is 353 g/mol. The molecular weight excluding hydrogens is 337 g/mol. The zero-order valence-corrected chi connectivity index (χ0v) is 13.5. The van der Waals surface area contributed by atoms with Crippen molar-refractivity contribution in [2.75, 3.05) is 14.2 Å². The van der Waals surface area contributed by atoms with Crippen molar-refractivity contribution in [3.63, 3.8) is 0 Å². The highest BCUT2D eigenvalue weighted by molar-refractivity contribution is 9.10. The lowest BCUT2D eigenvalue weighted by Crippen LogP contribution is -2.13. The van der Waals surface area contributed by atoms with Crippen LogP contribution in [-0.2, 0) is 13.1 Å². The average Bonchev–Trinajstić information content (AvgIpc) is 2.51. The van der Waals surface area contributed by atoms with Gasteiger partial charge in [0.25, 0.3) is 0 Å². The molecule has 0 atom stereocenters. The van der Waals surface area contributed by atoms with Crippen molar-refractivity contribution in [1.82, 2.24) is 5.32 Å². The maximum absolute atomic E-state index is 13.2. The van der Waals surface area contributed by atoms with Gasteiger partial charge in [-0.1, -0.05) is 12.1 Å². The second kappa shape index (κ2) is 7.43. The first-order chi connectivity index (χ1) is 10.1. The molecule has 0 fully saturated rings. The molecule has 0 radical (unpaired) electrons. The standard InChI is InChI=1S/C16H17BrFNO2/c1-20-13-5-4-12(16(8-13)21-2)10-19-9-11-3-6-15(18)14(17)7-11/h3-8,19H,9-10H2,1-2H3. The molecule has 0 unspecified atom stereocenters. The Balaban J connectivity index is 1.98. The van der Waals surface area contributed by atoms with Crippen molar-refractivity contribution in [3.05, 3.63) is 57.8 Å². The van der Waals surface area contributed by atoms with Gasteiger partial charge in [-0.15, -0.1) is 0 Å². The molecule has 2 rings (SSSR count). The van der Waals surface area contributed by atoms with E-state index in [1.165, 1.54) is 6.07 Å². The third-order valence-electron chi connectivity index (χ3n) is 3.12. The molecule has 0 aromatic heterocycles. The number of hydrogen-bond acceptors (Lipinski definition) is 3. The van der Waals surface area contributed by atoms with Crippen molar-refractivity contribution < 1.29 is 13.9 Å². The number of hydrogen-bond donors (Lipinski definition) is 1. The first-order valence-electron chi connectivity index (χ1n) is 6.49. The number of rotatable bonds is 6. The Kier molecular flexibility index (Phi) is 5.59. The van der Waals surface area contributed by atoms with Gasteiger partial charge in [-0.05, 0) is 39.7 Å². The predicted molar refractivity (Wildman–Crippen MR) is 84.2 cm³/mol. The normalized spacial score (nSPS) is 10.5. The van der Waals surface area contributed by atoms with Crippen LogP contribution >= 0.6 is 15.9 Å². The minimum atomic E-state index is -0.254. The summed E-state index contributed by atoms with van der Waals surface area (Å²) in [6.07, 6.45) is 0. The highest BCUT2D eigenvalue weighted by Crippen LogP contribution is 2.24. The molecule has 0 spiro atoms. The fraction of sp³-hybridized carbons (Fsp3) is 0.250. The first-order valence-corrected chi connectivity index (χ1v) is 7.29. The molecule has 0 aliphatic heterocycles. The van der Waals surface area contributed by atoms with Crippen LogP contribution in [0, 0.1) is 5.82 Å². The van der Waals surface area contributed by atoms with Crippen LogP contribution in [0.15, 0.2) is 40.9 Å². The van der Waals surface area contributed by atoms with Gasteiger partial charge in [0.1, 0.15) is 17.3 Å². The molecule has 0 aliphatic rings. The highest BCUT2D eigenvalue weighted by atomic mass is 79.9. The zero-order chi connectivity index (χ0) is 15.2. The van der Waals surface area contributed by atoms with Crippen LogP contribution in [0.5, 0.6) is 11.5 Å². The van der Waals surface area contributed by atoms with Gasteiger partial charge in [0.2, 0.25) is 0 Å². The largest absolute Gasteiger partial charge is 0.497 e. The van der Waals surface area contributed by atoms with Gasteiger partial charge >= 0.3 is 0 Å². The van der Waals surface area contributed by atoms with Crippen LogP contribution in [0.1, 0.15) is 11.1 Å². The quantitative estimate of drug-likeness (QED) is 0.854. The molecular formula is C16H17BrFNO2. The Morgan fingerprint density at radius 2 is 1.86 bits per heavy atom. The third-order valence-corrected chi connectivity index (χ3v) is 3.73. The zero-order valence-electron chi connectivity index (χ0n) is 12.0. The Hall–Kier alpha value is -1.59. The number of halogens is 2. The maximum Gasteiger partial charge on any atom is 0.137 e. The summed E-state index contributed by atoms with van der Waals surface area (Å²) in [6.45, 7) is 1.30. The summed E-state index contributed by atoms with van der Waals surface area (Å²) in [5.74, 6) is 1.29. The second-order valence-electron chi connectivity index (χ2n) is 4.53. The second-order valence-corrected chi connectivity index (χ2v) is 5.38. The van der Waals surface area contributed by atoms with Crippen LogP contribution in [-0.4, -0.2) is 14.2 Å². The SMILES string of the molecule is COc1ccc(CNCc2ccc(F)c(Br)c2)c(OC)c1. The van der Waals surface area contributed by atoms with Crippen LogP contribution in [0.25, 0.3) is 0 Å². The molecule has 0 bridgehead atoms. The lowest BCUT2D eigenvalue weighted by Gasteiger charge is -2.11. The van der Waals surface area contributed by atoms with Gasteiger partial charge in [0.05, 0.1) is 18.7 Å². The molecule has 2 aromatic carbocycles. The molecule has 0 heterocycles.